The summed E-state index contributed by atoms with van der Waals surface area (Å²) in [6.07, 6.45) is 0.800. The quantitative estimate of drug-likeness (QED) is 0.586. The third-order valence-electron chi connectivity index (χ3n) is 6.23. The molecule has 0 N–H and O–H groups in total. The standard InChI is InChI=1S/C24H26N2O5S/c1-25(2)13-14-32(30,31)17-9-11-26(12-10-17)24(29)16-7-8-20-21(15-16)23(28)19-6-4-3-5-18(19)22(20)27/h3-8,15,17H,9-14H2,1-2H3. The van der Waals surface area contributed by atoms with E-state index < -0.39 is 15.1 Å². The van der Waals surface area contributed by atoms with Crippen molar-refractivity contribution in [3.05, 3.63) is 70.3 Å². The Morgan fingerprint density at radius 1 is 0.938 bits per heavy atom. The predicted molar refractivity (Wildman–Crippen MR) is 121 cm³/mol. The van der Waals surface area contributed by atoms with Crippen LogP contribution in [-0.2, 0) is 9.84 Å². The number of rotatable bonds is 5. The maximum absolute atomic E-state index is 13.1. The van der Waals surface area contributed by atoms with Crippen molar-refractivity contribution in [1.29, 1.82) is 0 Å². The van der Waals surface area contributed by atoms with E-state index in [2.05, 4.69) is 0 Å². The molecule has 0 spiro atoms. The second-order valence-corrected chi connectivity index (χ2v) is 11.0. The highest BCUT2D eigenvalue weighted by atomic mass is 32.2. The molecule has 0 unspecified atom stereocenters. The van der Waals surface area contributed by atoms with Crippen LogP contribution in [0.5, 0.6) is 0 Å². The van der Waals surface area contributed by atoms with Crippen molar-refractivity contribution in [2.45, 2.75) is 18.1 Å². The van der Waals surface area contributed by atoms with Gasteiger partial charge in [-0.05, 0) is 45.1 Å². The molecule has 1 saturated heterocycles. The molecule has 1 amide bonds. The fourth-order valence-corrected chi connectivity index (χ4v) is 6.19. The Bertz CT molecular complexity index is 1190. The Morgan fingerprint density at radius 2 is 1.50 bits per heavy atom. The third kappa shape index (κ3) is 4.12. The van der Waals surface area contributed by atoms with Gasteiger partial charge in [0.1, 0.15) is 0 Å². The Labute approximate surface area is 187 Å². The monoisotopic (exact) mass is 454 g/mol. The summed E-state index contributed by atoms with van der Waals surface area (Å²) in [6, 6.07) is 11.3. The van der Waals surface area contributed by atoms with Crippen LogP contribution in [-0.4, -0.2) is 80.4 Å². The van der Waals surface area contributed by atoms with Crippen LogP contribution in [0.2, 0.25) is 0 Å². The minimum absolute atomic E-state index is 0.112. The molecule has 1 aliphatic heterocycles. The van der Waals surface area contributed by atoms with Crippen LogP contribution in [0.15, 0.2) is 42.5 Å². The van der Waals surface area contributed by atoms with Crippen LogP contribution in [0.25, 0.3) is 0 Å². The number of fused-ring (bicyclic) bond motifs is 2. The van der Waals surface area contributed by atoms with Gasteiger partial charge >= 0.3 is 0 Å². The van der Waals surface area contributed by atoms with Crippen LogP contribution >= 0.6 is 0 Å². The van der Waals surface area contributed by atoms with Crippen molar-refractivity contribution in [2.75, 3.05) is 39.5 Å². The number of sulfone groups is 1. The average molecular weight is 455 g/mol. The summed E-state index contributed by atoms with van der Waals surface area (Å²) in [6.45, 7) is 1.17. The zero-order valence-electron chi connectivity index (χ0n) is 18.2. The van der Waals surface area contributed by atoms with Crippen LogP contribution in [0, 0.1) is 0 Å². The van der Waals surface area contributed by atoms with E-state index in [0.717, 1.165) is 0 Å². The number of piperidine rings is 1. The second kappa shape index (κ2) is 8.60. The van der Waals surface area contributed by atoms with Crippen LogP contribution < -0.4 is 0 Å². The summed E-state index contributed by atoms with van der Waals surface area (Å²) in [5.41, 5.74) is 1.59. The molecule has 0 bridgehead atoms. The van der Waals surface area contributed by atoms with Crippen molar-refractivity contribution in [3.63, 3.8) is 0 Å². The van der Waals surface area contributed by atoms with Crippen molar-refractivity contribution in [2.24, 2.45) is 0 Å². The zero-order valence-corrected chi connectivity index (χ0v) is 19.0. The minimum atomic E-state index is -3.21. The summed E-state index contributed by atoms with van der Waals surface area (Å²) in [4.78, 5) is 42.2. The highest BCUT2D eigenvalue weighted by molar-refractivity contribution is 7.92. The number of carbonyl (C=O) groups is 3. The van der Waals surface area contributed by atoms with E-state index in [1.54, 1.807) is 35.2 Å². The van der Waals surface area contributed by atoms with Gasteiger partial charge in [0.25, 0.3) is 5.91 Å². The topological polar surface area (TPSA) is 91.8 Å². The predicted octanol–water partition coefficient (Wildman–Crippen LogP) is 2.04. The average Bonchev–Trinajstić information content (AvgIpc) is 2.80. The number of hydrogen-bond acceptors (Lipinski definition) is 6. The summed E-state index contributed by atoms with van der Waals surface area (Å²) in [7, 11) is 0.471. The molecule has 0 atom stereocenters. The number of benzene rings is 2. The Balaban J connectivity index is 1.49. The first-order chi connectivity index (χ1) is 15.2. The Morgan fingerprint density at radius 3 is 2.09 bits per heavy atom. The molecule has 2 aromatic rings. The number of hydrogen-bond donors (Lipinski definition) is 0. The molecular weight excluding hydrogens is 428 g/mol. The third-order valence-corrected chi connectivity index (χ3v) is 8.47. The largest absolute Gasteiger partial charge is 0.339 e. The molecule has 1 fully saturated rings. The maximum atomic E-state index is 13.1. The molecule has 0 aromatic heterocycles. The lowest BCUT2D eigenvalue weighted by Gasteiger charge is -2.32. The fourth-order valence-electron chi connectivity index (χ4n) is 4.31. The molecule has 1 aliphatic carbocycles. The fraction of sp³-hybridized carbons (Fsp3) is 0.375. The van der Waals surface area contributed by atoms with Gasteiger partial charge in [-0.1, -0.05) is 24.3 Å². The molecule has 168 valence electrons. The van der Waals surface area contributed by atoms with Gasteiger partial charge in [0, 0.05) is 47.5 Å². The van der Waals surface area contributed by atoms with Crippen LogP contribution in [0.4, 0.5) is 0 Å². The van der Waals surface area contributed by atoms with Gasteiger partial charge in [0.2, 0.25) is 0 Å². The summed E-state index contributed by atoms with van der Waals surface area (Å²) in [5.74, 6) is -0.634. The number of amides is 1. The summed E-state index contributed by atoms with van der Waals surface area (Å²) >= 11 is 0. The van der Waals surface area contributed by atoms with Crippen molar-refractivity contribution < 1.29 is 22.8 Å². The molecular formula is C24H26N2O5S. The van der Waals surface area contributed by atoms with Gasteiger partial charge in [0.05, 0.1) is 11.0 Å². The van der Waals surface area contributed by atoms with Crippen molar-refractivity contribution in [3.8, 4) is 0 Å². The normalized spacial score (nSPS) is 16.8. The van der Waals surface area contributed by atoms with Gasteiger partial charge in [-0.2, -0.15) is 0 Å². The molecule has 0 radical (unpaired) electrons. The summed E-state index contributed by atoms with van der Waals surface area (Å²) in [5, 5.41) is -0.439. The zero-order chi connectivity index (χ0) is 23.0. The van der Waals surface area contributed by atoms with Gasteiger partial charge in [0.15, 0.2) is 21.4 Å². The smallest absolute Gasteiger partial charge is 0.253 e. The van der Waals surface area contributed by atoms with Crippen LogP contribution in [0.3, 0.4) is 0 Å². The molecule has 32 heavy (non-hydrogen) atoms. The first-order valence-electron chi connectivity index (χ1n) is 10.7. The minimum Gasteiger partial charge on any atom is -0.339 e. The van der Waals surface area contributed by atoms with E-state index in [1.165, 1.54) is 12.1 Å². The molecule has 1 heterocycles. The van der Waals surface area contributed by atoms with Gasteiger partial charge in [-0.25, -0.2) is 8.42 Å². The first-order valence-corrected chi connectivity index (χ1v) is 12.4. The molecule has 0 saturated carbocycles. The lowest BCUT2D eigenvalue weighted by molar-refractivity contribution is 0.0725. The Kier molecular flexibility index (Phi) is 6.01. The van der Waals surface area contributed by atoms with E-state index in [9.17, 15) is 22.8 Å². The van der Waals surface area contributed by atoms with Gasteiger partial charge in [-0.3, -0.25) is 14.4 Å². The SMILES string of the molecule is CN(C)CCS(=O)(=O)C1CCN(C(=O)c2ccc3c(c2)C(=O)c2ccccc2C3=O)CC1. The number of ketones is 2. The van der Waals surface area contributed by atoms with Crippen molar-refractivity contribution >= 4 is 27.3 Å². The number of carbonyl (C=O) groups excluding carboxylic acids is 3. The van der Waals surface area contributed by atoms with Gasteiger partial charge in [-0.15, -0.1) is 0 Å². The molecule has 7 nitrogen and oxygen atoms in total. The number of likely N-dealkylation sites (tertiary alicyclic amines) is 1. The number of nitrogens with zero attached hydrogens (tertiary/aromatic N) is 2. The van der Waals surface area contributed by atoms with E-state index in [4.69, 9.17) is 0 Å². The molecule has 8 heteroatoms. The van der Waals surface area contributed by atoms with E-state index in [1.807, 2.05) is 19.0 Å². The van der Waals surface area contributed by atoms with E-state index >= 15 is 0 Å². The molecule has 2 aromatic carbocycles. The maximum Gasteiger partial charge on any atom is 0.253 e. The highest BCUT2D eigenvalue weighted by Crippen LogP contribution is 2.29. The van der Waals surface area contributed by atoms with Gasteiger partial charge < -0.3 is 9.80 Å². The van der Waals surface area contributed by atoms with E-state index in [-0.39, 0.29) is 28.8 Å². The first kappa shape index (κ1) is 22.4. The van der Waals surface area contributed by atoms with E-state index in [0.29, 0.717) is 54.7 Å². The lowest BCUT2D eigenvalue weighted by Crippen LogP contribution is -2.43. The molecule has 2 aliphatic rings. The summed E-state index contributed by atoms with van der Waals surface area (Å²) < 4.78 is 25.1. The Hall–Kier alpha value is -2.84. The molecule has 4 rings (SSSR count). The van der Waals surface area contributed by atoms with Crippen molar-refractivity contribution in [1.82, 2.24) is 9.80 Å². The lowest BCUT2D eigenvalue weighted by atomic mass is 9.83. The second-order valence-electron chi connectivity index (χ2n) is 8.63. The highest BCUT2D eigenvalue weighted by Gasteiger charge is 2.33. The van der Waals surface area contributed by atoms with Crippen LogP contribution in [0.1, 0.15) is 55.0 Å².